The molecule has 1 aliphatic carbocycles. The summed E-state index contributed by atoms with van der Waals surface area (Å²) in [7, 11) is 1.91. The molecule has 2 rings (SSSR count). The minimum Gasteiger partial charge on any atom is -0.356 e. The van der Waals surface area contributed by atoms with E-state index in [4.69, 9.17) is 11.6 Å². The summed E-state index contributed by atoms with van der Waals surface area (Å²) in [4.78, 5) is 11.9. The highest BCUT2D eigenvalue weighted by atomic mass is 35.5. The maximum atomic E-state index is 11.9. The van der Waals surface area contributed by atoms with E-state index in [0.717, 1.165) is 31.0 Å². The number of nitrogens with one attached hydrogen (secondary N) is 2. The molecule has 5 heteroatoms. The Morgan fingerprint density at radius 3 is 2.89 bits per heavy atom. The van der Waals surface area contributed by atoms with Gasteiger partial charge in [-0.25, -0.2) is 0 Å². The topological polar surface area (TPSA) is 41.1 Å². The summed E-state index contributed by atoms with van der Waals surface area (Å²) in [5.74, 6) is 0.669. The van der Waals surface area contributed by atoms with E-state index in [-0.39, 0.29) is 24.2 Å². The zero-order valence-electron chi connectivity index (χ0n) is 11.0. The molecule has 2 N–H and O–H groups in total. The van der Waals surface area contributed by atoms with Crippen LogP contribution in [-0.2, 0) is 4.79 Å². The van der Waals surface area contributed by atoms with Gasteiger partial charge in [-0.2, -0.15) is 0 Å². The van der Waals surface area contributed by atoms with Crippen LogP contribution >= 0.6 is 24.0 Å². The number of hydrogen-bond donors (Lipinski definition) is 2. The van der Waals surface area contributed by atoms with Crippen LogP contribution in [-0.4, -0.2) is 26.0 Å². The van der Waals surface area contributed by atoms with E-state index < -0.39 is 0 Å². The average Bonchev–Trinajstić information content (AvgIpc) is 3.15. The second-order valence-corrected chi connectivity index (χ2v) is 5.19. The second kappa shape index (κ2) is 7.73. The summed E-state index contributed by atoms with van der Waals surface area (Å²) in [6, 6.07) is 7.81. The predicted octanol–water partition coefficient (Wildman–Crippen LogP) is 2.59. The van der Waals surface area contributed by atoms with Gasteiger partial charge < -0.3 is 10.6 Å². The van der Waals surface area contributed by atoms with Crippen LogP contribution < -0.4 is 10.6 Å². The van der Waals surface area contributed by atoms with Crippen LogP contribution in [0.3, 0.4) is 0 Å². The number of hydrogen-bond acceptors (Lipinski definition) is 2. The van der Waals surface area contributed by atoms with Crippen LogP contribution in [0.15, 0.2) is 24.3 Å². The highest BCUT2D eigenvalue weighted by Crippen LogP contribution is 2.47. The van der Waals surface area contributed by atoms with Gasteiger partial charge in [0.15, 0.2) is 0 Å². The van der Waals surface area contributed by atoms with E-state index in [1.54, 1.807) is 0 Å². The molecule has 0 saturated heterocycles. The molecule has 1 saturated carbocycles. The first-order valence-corrected chi connectivity index (χ1v) is 6.78. The number of amides is 1. The van der Waals surface area contributed by atoms with Crippen LogP contribution in [0.5, 0.6) is 0 Å². The first kappa shape index (κ1) is 16.3. The van der Waals surface area contributed by atoms with E-state index >= 15 is 0 Å². The molecule has 19 heavy (non-hydrogen) atoms. The normalized spacial score (nSPS) is 20.5. The van der Waals surface area contributed by atoms with Gasteiger partial charge in [-0.15, -0.1) is 12.4 Å². The van der Waals surface area contributed by atoms with Gasteiger partial charge in [0.2, 0.25) is 5.91 Å². The van der Waals surface area contributed by atoms with Crippen molar-refractivity contribution < 1.29 is 4.79 Å². The van der Waals surface area contributed by atoms with Crippen LogP contribution in [0.2, 0.25) is 5.02 Å². The fourth-order valence-electron chi connectivity index (χ4n) is 2.20. The highest BCUT2D eigenvalue weighted by molar-refractivity contribution is 6.30. The molecule has 1 aliphatic rings. The second-order valence-electron chi connectivity index (χ2n) is 4.75. The molecule has 3 nitrogen and oxygen atoms in total. The standard InChI is InChI=1S/C14H19ClN2O.ClH/c1-16-6-3-7-17-14(18)13-9-12(13)10-4-2-5-11(15)8-10;/h2,4-5,8,12-13,16H,3,6-7,9H2,1H3,(H,17,18);1H. The van der Waals surface area contributed by atoms with Crippen molar-refractivity contribution in [1.82, 2.24) is 10.6 Å². The van der Waals surface area contributed by atoms with Gasteiger partial charge in [0, 0.05) is 17.5 Å². The van der Waals surface area contributed by atoms with Crippen molar-refractivity contribution in [1.29, 1.82) is 0 Å². The van der Waals surface area contributed by atoms with Crippen molar-refractivity contribution in [2.75, 3.05) is 20.1 Å². The lowest BCUT2D eigenvalue weighted by molar-refractivity contribution is -0.122. The van der Waals surface area contributed by atoms with Crippen molar-refractivity contribution in [3.63, 3.8) is 0 Å². The molecular formula is C14H20Cl2N2O. The molecule has 0 heterocycles. The minimum atomic E-state index is 0. The number of carbonyl (C=O) groups excluding carboxylic acids is 1. The Bertz CT molecular complexity index is 426. The first-order chi connectivity index (χ1) is 8.72. The molecule has 0 aliphatic heterocycles. The zero-order valence-corrected chi connectivity index (χ0v) is 12.6. The average molecular weight is 303 g/mol. The van der Waals surface area contributed by atoms with Crippen LogP contribution in [0.25, 0.3) is 0 Å². The SMILES string of the molecule is CNCCCNC(=O)C1CC1c1cccc(Cl)c1.Cl. The minimum absolute atomic E-state index is 0. The van der Waals surface area contributed by atoms with E-state index in [0.29, 0.717) is 5.92 Å². The van der Waals surface area contributed by atoms with Crippen molar-refractivity contribution in [2.45, 2.75) is 18.8 Å². The largest absolute Gasteiger partial charge is 0.356 e. The van der Waals surface area contributed by atoms with E-state index in [1.807, 2.05) is 31.3 Å². The van der Waals surface area contributed by atoms with Gasteiger partial charge in [-0.3, -0.25) is 4.79 Å². The van der Waals surface area contributed by atoms with Gasteiger partial charge in [0.1, 0.15) is 0 Å². The Kier molecular flexibility index (Phi) is 6.63. The van der Waals surface area contributed by atoms with Gasteiger partial charge in [-0.1, -0.05) is 23.7 Å². The number of halogens is 2. The van der Waals surface area contributed by atoms with Gasteiger partial charge in [0.05, 0.1) is 0 Å². The Morgan fingerprint density at radius 2 is 2.21 bits per heavy atom. The summed E-state index contributed by atoms with van der Waals surface area (Å²) in [6.45, 7) is 1.68. The summed E-state index contributed by atoms with van der Waals surface area (Å²) in [5, 5.41) is 6.79. The highest BCUT2D eigenvalue weighted by Gasteiger charge is 2.43. The molecule has 1 aromatic carbocycles. The lowest BCUT2D eigenvalue weighted by atomic mass is 10.1. The molecule has 1 fully saturated rings. The Labute approximate surface area is 125 Å². The molecular weight excluding hydrogens is 283 g/mol. The molecule has 1 amide bonds. The van der Waals surface area contributed by atoms with Gasteiger partial charge in [0.25, 0.3) is 0 Å². The molecule has 1 aromatic rings. The summed E-state index contributed by atoms with van der Waals surface area (Å²) in [5.41, 5.74) is 1.18. The fourth-order valence-corrected chi connectivity index (χ4v) is 2.40. The Hall–Kier alpha value is -0.770. The lowest BCUT2D eigenvalue weighted by Crippen LogP contribution is -2.28. The van der Waals surface area contributed by atoms with Gasteiger partial charge >= 0.3 is 0 Å². The number of benzene rings is 1. The summed E-state index contributed by atoms with van der Waals surface area (Å²) in [6.07, 6.45) is 1.91. The number of carbonyl (C=O) groups is 1. The maximum Gasteiger partial charge on any atom is 0.223 e. The third-order valence-corrected chi connectivity index (χ3v) is 3.54. The monoisotopic (exact) mass is 302 g/mol. The zero-order chi connectivity index (χ0) is 13.0. The van der Waals surface area contributed by atoms with E-state index in [9.17, 15) is 4.79 Å². The summed E-state index contributed by atoms with van der Waals surface area (Å²) < 4.78 is 0. The van der Waals surface area contributed by atoms with Crippen molar-refractivity contribution in [3.05, 3.63) is 34.9 Å². The fraction of sp³-hybridized carbons (Fsp3) is 0.500. The van der Waals surface area contributed by atoms with Crippen molar-refractivity contribution in [3.8, 4) is 0 Å². The molecule has 2 unspecified atom stereocenters. The molecule has 0 radical (unpaired) electrons. The van der Waals surface area contributed by atoms with E-state index in [2.05, 4.69) is 10.6 Å². The Morgan fingerprint density at radius 1 is 1.42 bits per heavy atom. The molecule has 0 aromatic heterocycles. The number of rotatable bonds is 6. The van der Waals surface area contributed by atoms with Crippen LogP contribution in [0.4, 0.5) is 0 Å². The first-order valence-electron chi connectivity index (χ1n) is 6.40. The van der Waals surface area contributed by atoms with E-state index in [1.165, 1.54) is 5.56 Å². The summed E-state index contributed by atoms with van der Waals surface area (Å²) >= 11 is 5.95. The van der Waals surface area contributed by atoms with Gasteiger partial charge in [-0.05, 0) is 50.0 Å². The third kappa shape index (κ3) is 4.68. The molecule has 2 atom stereocenters. The van der Waals surface area contributed by atoms with Crippen LogP contribution in [0.1, 0.15) is 24.3 Å². The van der Waals surface area contributed by atoms with Crippen molar-refractivity contribution in [2.24, 2.45) is 5.92 Å². The molecule has 0 bridgehead atoms. The predicted molar refractivity (Wildman–Crippen MR) is 81.1 cm³/mol. The van der Waals surface area contributed by atoms with Crippen LogP contribution in [0, 0.1) is 5.92 Å². The quantitative estimate of drug-likeness (QED) is 0.793. The Balaban J connectivity index is 0.00000180. The maximum absolute atomic E-state index is 11.9. The smallest absolute Gasteiger partial charge is 0.223 e. The molecule has 0 spiro atoms. The third-order valence-electron chi connectivity index (χ3n) is 3.31. The lowest BCUT2D eigenvalue weighted by Gasteiger charge is -2.05. The van der Waals surface area contributed by atoms with Crippen molar-refractivity contribution >= 4 is 29.9 Å². The molecule has 106 valence electrons.